The number of rotatable bonds is 1. The molecule has 0 bridgehead atoms. The monoisotopic (exact) mass is 234 g/mol. The average Bonchev–Trinajstić information content (AvgIpc) is 2.17. The van der Waals surface area contributed by atoms with Gasteiger partial charge in [0.05, 0.1) is 0 Å². The number of carbonyl (C=O) groups is 1. The molecule has 13 heavy (non-hydrogen) atoms. The molecular formula is C11H7BrO. The fourth-order valence-electron chi connectivity index (χ4n) is 1.31. The van der Waals surface area contributed by atoms with Gasteiger partial charge in [-0.15, -0.1) is 0 Å². The lowest BCUT2D eigenvalue weighted by Crippen LogP contribution is -1.86. The quantitative estimate of drug-likeness (QED) is 0.692. The van der Waals surface area contributed by atoms with Crippen molar-refractivity contribution < 1.29 is 4.79 Å². The van der Waals surface area contributed by atoms with E-state index in [1.54, 1.807) is 0 Å². The molecule has 0 heterocycles. The van der Waals surface area contributed by atoms with E-state index in [0.717, 1.165) is 10.8 Å². The molecule has 0 amide bonds. The first-order valence-corrected chi connectivity index (χ1v) is 4.75. The highest BCUT2D eigenvalue weighted by Gasteiger charge is 2.00. The highest BCUT2D eigenvalue weighted by atomic mass is 79.9. The molecule has 2 rings (SSSR count). The first-order valence-electron chi connectivity index (χ1n) is 3.96. The fraction of sp³-hybridized carbons (Fsp3) is 0. The molecule has 2 heteroatoms. The second-order valence-corrected chi connectivity index (χ2v) is 3.56. The maximum Gasteiger partial charge on any atom is 0.228 e. The van der Waals surface area contributed by atoms with Crippen molar-refractivity contribution in [3.05, 3.63) is 48.0 Å². The zero-order chi connectivity index (χ0) is 9.26. The van der Waals surface area contributed by atoms with Crippen LogP contribution in [0.3, 0.4) is 0 Å². The number of benzene rings is 2. The molecular weight excluding hydrogens is 228 g/mol. The Bertz CT molecular complexity index is 462. The first kappa shape index (κ1) is 8.45. The summed E-state index contributed by atoms with van der Waals surface area (Å²) in [6, 6.07) is 13.6. The van der Waals surface area contributed by atoms with Crippen LogP contribution in [0, 0.1) is 0 Å². The van der Waals surface area contributed by atoms with Gasteiger partial charge < -0.3 is 0 Å². The van der Waals surface area contributed by atoms with E-state index in [2.05, 4.69) is 15.9 Å². The molecule has 0 saturated carbocycles. The Balaban J connectivity index is 2.69. The lowest BCUT2D eigenvalue weighted by Gasteiger charge is -1.98. The van der Waals surface area contributed by atoms with Gasteiger partial charge in [-0.1, -0.05) is 30.3 Å². The minimum absolute atomic E-state index is 0.0711. The first-order chi connectivity index (χ1) is 6.27. The van der Waals surface area contributed by atoms with Gasteiger partial charge in [0.1, 0.15) is 0 Å². The largest absolute Gasteiger partial charge is 0.281 e. The Morgan fingerprint density at radius 3 is 2.38 bits per heavy atom. The van der Waals surface area contributed by atoms with Crippen LogP contribution in [0.25, 0.3) is 10.8 Å². The topological polar surface area (TPSA) is 17.1 Å². The molecule has 2 aromatic rings. The number of hydrogen-bond acceptors (Lipinski definition) is 1. The number of hydrogen-bond donors (Lipinski definition) is 0. The number of carbonyl (C=O) groups excluding carboxylic acids is 1. The molecule has 0 radical (unpaired) electrons. The van der Waals surface area contributed by atoms with Crippen molar-refractivity contribution in [2.24, 2.45) is 0 Å². The van der Waals surface area contributed by atoms with Crippen LogP contribution in [-0.2, 0) is 0 Å². The summed E-state index contributed by atoms with van der Waals surface area (Å²) in [5, 5.41) is 2.24. The molecule has 0 fully saturated rings. The zero-order valence-electron chi connectivity index (χ0n) is 6.83. The molecule has 0 atom stereocenters. The van der Waals surface area contributed by atoms with E-state index >= 15 is 0 Å². The molecule has 2 aromatic carbocycles. The van der Waals surface area contributed by atoms with Gasteiger partial charge in [-0.05, 0) is 38.8 Å². The Morgan fingerprint density at radius 1 is 1.00 bits per heavy atom. The van der Waals surface area contributed by atoms with Gasteiger partial charge in [-0.2, -0.15) is 0 Å². The van der Waals surface area contributed by atoms with Crippen molar-refractivity contribution in [2.75, 3.05) is 0 Å². The van der Waals surface area contributed by atoms with E-state index in [4.69, 9.17) is 0 Å². The van der Waals surface area contributed by atoms with Crippen LogP contribution >= 0.6 is 15.9 Å². The summed E-state index contributed by atoms with van der Waals surface area (Å²) >= 11 is 2.93. The zero-order valence-corrected chi connectivity index (χ0v) is 8.41. The lowest BCUT2D eigenvalue weighted by molar-refractivity contribution is 0.109. The van der Waals surface area contributed by atoms with Crippen LogP contribution in [0.15, 0.2) is 42.5 Å². The Labute approximate surface area is 84.5 Å². The second-order valence-electron chi connectivity index (χ2n) is 2.84. The minimum Gasteiger partial charge on any atom is -0.281 e. The summed E-state index contributed by atoms with van der Waals surface area (Å²) in [7, 11) is 0. The van der Waals surface area contributed by atoms with Crippen molar-refractivity contribution >= 4 is 31.4 Å². The standard InChI is InChI=1S/C11H7BrO/c12-11(13)10-6-5-8-3-1-2-4-9(8)7-10/h1-7H. The normalized spacial score (nSPS) is 10.2. The molecule has 1 nitrogen and oxygen atoms in total. The third-order valence-electron chi connectivity index (χ3n) is 1.98. The molecule has 0 aromatic heterocycles. The van der Waals surface area contributed by atoms with Crippen molar-refractivity contribution in [1.82, 2.24) is 0 Å². The van der Waals surface area contributed by atoms with Gasteiger partial charge in [-0.3, -0.25) is 4.79 Å². The van der Waals surface area contributed by atoms with E-state index in [1.807, 2.05) is 42.5 Å². The Morgan fingerprint density at radius 2 is 1.69 bits per heavy atom. The van der Waals surface area contributed by atoms with Crippen LogP contribution in [0.4, 0.5) is 0 Å². The molecule has 0 saturated heterocycles. The van der Waals surface area contributed by atoms with Crippen LogP contribution in [0.5, 0.6) is 0 Å². The molecule has 0 N–H and O–H groups in total. The van der Waals surface area contributed by atoms with Gasteiger partial charge in [0, 0.05) is 5.56 Å². The van der Waals surface area contributed by atoms with Gasteiger partial charge >= 0.3 is 0 Å². The molecule has 0 aliphatic rings. The summed E-state index contributed by atoms with van der Waals surface area (Å²) in [6.07, 6.45) is 0. The van der Waals surface area contributed by atoms with E-state index in [1.165, 1.54) is 0 Å². The smallest absolute Gasteiger partial charge is 0.228 e. The highest BCUT2D eigenvalue weighted by Crippen LogP contribution is 2.16. The van der Waals surface area contributed by atoms with E-state index in [0.29, 0.717) is 5.56 Å². The molecule has 0 unspecified atom stereocenters. The van der Waals surface area contributed by atoms with Crippen molar-refractivity contribution in [1.29, 1.82) is 0 Å². The Kier molecular flexibility index (Phi) is 2.15. The number of fused-ring (bicyclic) bond motifs is 1. The van der Waals surface area contributed by atoms with Crippen molar-refractivity contribution in [3.63, 3.8) is 0 Å². The van der Waals surface area contributed by atoms with Crippen LogP contribution in [0.1, 0.15) is 10.4 Å². The maximum atomic E-state index is 11.0. The predicted octanol–water partition coefficient (Wildman–Crippen LogP) is 3.37. The summed E-state index contributed by atoms with van der Waals surface area (Å²) in [5.41, 5.74) is 0.693. The van der Waals surface area contributed by atoms with Crippen LogP contribution in [0.2, 0.25) is 0 Å². The molecule has 0 aliphatic carbocycles. The van der Waals surface area contributed by atoms with Gasteiger partial charge in [0.2, 0.25) is 4.69 Å². The van der Waals surface area contributed by atoms with Crippen LogP contribution in [-0.4, -0.2) is 4.69 Å². The predicted molar refractivity (Wildman–Crippen MR) is 57.2 cm³/mol. The fourth-order valence-corrected chi connectivity index (χ4v) is 1.56. The van der Waals surface area contributed by atoms with Gasteiger partial charge in [0.25, 0.3) is 0 Å². The van der Waals surface area contributed by atoms with Gasteiger partial charge in [0.15, 0.2) is 0 Å². The molecule has 64 valence electrons. The van der Waals surface area contributed by atoms with Crippen molar-refractivity contribution in [3.8, 4) is 0 Å². The third kappa shape index (κ3) is 1.63. The SMILES string of the molecule is O=C(Br)c1ccc2ccccc2c1. The van der Waals surface area contributed by atoms with Crippen LogP contribution < -0.4 is 0 Å². The summed E-state index contributed by atoms with van der Waals surface area (Å²) in [6.45, 7) is 0. The van der Waals surface area contributed by atoms with E-state index in [-0.39, 0.29) is 4.69 Å². The second kappa shape index (κ2) is 3.30. The lowest BCUT2D eigenvalue weighted by atomic mass is 10.1. The summed E-state index contributed by atoms with van der Waals surface area (Å²) in [4.78, 5) is 11.0. The Hall–Kier alpha value is -1.15. The van der Waals surface area contributed by atoms with E-state index in [9.17, 15) is 4.79 Å². The van der Waals surface area contributed by atoms with Gasteiger partial charge in [-0.25, -0.2) is 0 Å². The summed E-state index contributed by atoms with van der Waals surface area (Å²) < 4.78 is -0.0711. The minimum atomic E-state index is -0.0711. The van der Waals surface area contributed by atoms with Crippen molar-refractivity contribution in [2.45, 2.75) is 0 Å². The third-order valence-corrected chi connectivity index (χ3v) is 2.43. The highest BCUT2D eigenvalue weighted by molar-refractivity contribution is 9.18. The maximum absolute atomic E-state index is 11.0. The molecule has 0 spiro atoms. The summed E-state index contributed by atoms with van der Waals surface area (Å²) in [5.74, 6) is 0. The van der Waals surface area contributed by atoms with E-state index < -0.39 is 0 Å². The molecule has 0 aliphatic heterocycles. The average molecular weight is 235 g/mol. The number of halogens is 1.